The molecule has 0 saturated carbocycles. The van der Waals surface area contributed by atoms with Crippen molar-refractivity contribution in [3.63, 3.8) is 0 Å². The van der Waals surface area contributed by atoms with E-state index in [0.29, 0.717) is 5.69 Å². The van der Waals surface area contributed by atoms with Gasteiger partial charge in [0.1, 0.15) is 11.4 Å². The van der Waals surface area contributed by atoms with Crippen LogP contribution in [0.25, 0.3) is 0 Å². The lowest BCUT2D eigenvalue weighted by Gasteiger charge is -2.02. The molecule has 17 heavy (non-hydrogen) atoms. The molecule has 0 fully saturated rings. The molecule has 0 radical (unpaired) electrons. The van der Waals surface area contributed by atoms with Crippen molar-refractivity contribution in [2.24, 2.45) is 0 Å². The Balaban J connectivity index is 2.33. The van der Waals surface area contributed by atoms with E-state index < -0.39 is 11.8 Å². The van der Waals surface area contributed by atoms with Gasteiger partial charge in [-0.05, 0) is 25.1 Å². The number of halogens is 1. The van der Waals surface area contributed by atoms with Gasteiger partial charge in [0.15, 0.2) is 0 Å². The summed E-state index contributed by atoms with van der Waals surface area (Å²) in [4.78, 5) is 10.9. The van der Waals surface area contributed by atoms with Crippen LogP contribution < -0.4 is 5.32 Å². The molecule has 0 unspecified atom stereocenters. The number of aryl methyl sites for hydroxylation is 1. The second-order valence-electron chi connectivity index (χ2n) is 3.41. The maximum Gasteiger partial charge on any atom is 0.343 e. The number of carboxylic acid groups (broad SMARTS) is 1. The number of anilines is 2. The Morgan fingerprint density at radius 3 is 2.94 bits per heavy atom. The Labute approximate surface area is 95.9 Å². The molecule has 2 N–H and O–H groups in total. The van der Waals surface area contributed by atoms with E-state index in [9.17, 15) is 9.18 Å². The minimum Gasteiger partial charge on any atom is -0.477 e. The van der Waals surface area contributed by atoms with Crippen LogP contribution in [0.3, 0.4) is 0 Å². The molecular weight excluding hydrogens is 227 g/mol. The van der Waals surface area contributed by atoms with Crippen LogP contribution in [0, 0.1) is 12.7 Å². The lowest BCUT2D eigenvalue weighted by atomic mass is 10.2. The van der Waals surface area contributed by atoms with Crippen molar-refractivity contribution in [2.75, 3.05) is 5.32 Å². The number of carbonyl (C=O) groups is 1. The Morgan fingerprint density at radius 1 is 1.53 bits per heavy atom. The molecule has 0 atom stereocenters. The predicted molar refractivity (Wildman–Crippen MR) is 57.9 cm³/mol. The van der Waals surface area contributed by atoms with E-state index in [1.807, 2.05) is 0 Å². The second kappa shape index (κ2) is 4.25. The first-order chi connectivity index (χ1) is 8.08. The van der Waals surface area contributed by atoms with Crippen molar-refractivity contribution in [3.8, 4) is 0 Å². The lowest BCUT2D eigenvalue weighted by Crippen LogP contribution is -2.01. The topological polar surface area (TPSA) is 75.4 Å². The van der Waals surface area contributed by atoms with Crippen LogP contribution in [0.2, 0.25) is 0 Å². The van der Waals surface area contributed by atoms with Crippen molar-refractivity contribution < 1.29 is 18.8 Å². The third-order valence-corrected chi connectivity index (χ3v) is 2.16. The summed E-state index contributed by atoms with van der Waals surface area (Å²) in [6.45, 7) is 1.52. The fraction of sp³-hybridized carbons (Fsp3) is 0.0909. The van der Waals surface area contributed by atoms with Crippen molar-refractivity contribution in [3.05, 3.63) is 41.3 Å². The second-order valence-corrected chi connectivity index (χ2v) is 3.41. The zero-order valence-corrected chi connectivity index (χ0v) is 8.90. The third-order valence-electron chi connectivity index (χ3n) is 2.16. The molecule has 0 amide bonds. The molecule has 0 aliphatic rings. The van der Waals surface area contributed by atoms with Crippen LogP contribution in [-0.4, -0.2) is 16.2 Å². The minimum atomic E-state index is -1.15. The Morgan fingerprint density at radius 2 is 2.29 bits per heavy atom. The Kier molecular flexibility index (Phi) is 2.78. The highest BCUT2D eigenvalue weighted by atomic mass is 19.1. The number of aromatic nitrogens is 1. The van der Waals surface area contributed by atoms with E-state index in [0.717, 1.165) is 0 Å². The summed E-state index contributed by atoms with van der Waals surface area (Å²) in [6.07, 6.45) is 0. The molecule has 1 aromatic heterocycles. The predicted octanol–water partition coefficient (Wildman–Crippen LogP) is 2.56. The zero-order valence-electron chi connectivity index (χ0n) is 8.90. The maximum atomic E-state index is 12.9. The number of hydrogen-bond donors (Lipinski definition) is 2. The quantitative estimate of drug-likeness (QED) is 0.856. The normalized spacial score (nSPS) is 10.2. The van der Waals surface area contributed by atoms with Gasteiger partial charge < -0.3 is 14.9 Å². The maximum absolute atomic E-state index is 12.9. The molecule has 0 spiro atoms. The number of benzene rings is 1. The first-order valence-corrected chi connectivity index (χ1v) is 4.80. The van der Waals surface area contributed by atoms with E-state index >= 15 is 0 Å². The van der Waals surface area contributed by atoms with Crippen LogP contribution in [0.1, 0.15) is 16.1 Å². The van der Waals surface area contributed by atoms with Crippen molar-refractivity contribution >= 4 is 17.5 Å². The monoisotopic (exact) mass is 236 g/mol. The Bertz CT molecular complexity index is 566. The van der Waals surface area contributed by atoms with Crippen molar-refractivity contribution in [1.29, 1.82) is 0 Å². The summed E-state index contributed by atoms with van der Waals surface area (Å²) >= 11 is 0. The van der Waals surface area contributed by atoms with Crippen LogP contribution >= 0.6 is 0 Å². The van der Waals surface area contributed by atoms with Crippen LogP contribution in [0.15, 0.2) is 28.8 Å². The number of carboxylic acids is 1. The molecule has 6 heteroatoms. The molecule has 88 valence electrons. The first kappa shape index (κ1) is 11.1. The number of nitrogens with one attached hydrogen (secondary N) is 1. The largest absolute Gasteiger partial charge is 0.477 e. The molecule has 5 nitrogen and oxygen atoms in total. The average Bonchev–Trinajstić information content (AvgIpc) is 2.59. The van der Waals surface area contributed by atoms with Gasteiger partial charge in [0, 0.05) is 5.69 Å². The van der Waals surface area contributed by atoms with Crippen LogP contribution in [0.4, 0.5) is 16.0 Å². The molecule has 0 saturated heterocycles. The molecule has 1 heterocycles. The van der Waals surface area contributed by atoms with Gasteiger partial charge in [-0.3, -0.25) is 0 Å². The van der Waals surface area contributed by atoms with Gasteiger partial charge in [-0.15, -0.1) is 0 Å². The van der Waals surface area contributed by atoms with Gasteiger partial charge >= 0.3 is 5.97 Å². The van der Waals surface area contributed by atoms with E-state index in [-0.39, 0.29) is 17.1 Å². The highest BCUT2D eigenvalue weighted by molar-refractivity contribution is 5.94. The van der Waals surface area contributed by atoms with E-state index in [2.05, 4.69) is 10.5 Å². The molecule has 2 aromatic rings. The Hall–Kier alpha value is -2.37. The lowest BCUT2D eigenvalue weighted by molar-refractivity contribution is 0.0697. The molecule has 0 aliphatic carbocycles. The van der Waals surface area contributed by atoms with Gasteiger partial charge in [0.25, 0.3) is 0 Å². The van der Waals surface area contributed by atoms with Gasteiger partial charge in [0.2, 0.25) is 5.88 Å². The molecule has 1 aromatic carbocycles. The van der Waals surface area contributed by atoms with Crippen LogP contribution in [0.5, 0.6) is 0 Å². The molecule has 2 rings (SSSR count). The third kappa shape index (κ3) is 2.25. The van der Waals surface area contributed by atoms with Gasteiger partial charge in [-0.1, -0.05) is 11.2 Å². The van der Waals surface area contributed by atoms with E-state index in [1.54, 1.807) is 6.07 Å². The summed E-state index contributed by atoms with van der Waals surface area (Å²) in [5, 5.41) is 15.2. The minimum absolute atomic E-state index is 0.0133. The average molecular weight is 236 g/mol. The SMILES string of the molecule is Cc1noc(Nc2cccc(F)c2)c1C(=O)O. The summed E-state index contributed by atoms with van der Waals surface area (Å²) < 4.78 is 17.8. The summed E-state index contributed by atoms with van der Waals surface area (Å²) in [5.41, 5.74) is 0.592. The van der Waals surface area contributed by atoms with E-state index in [1.165, 1.54) is 25.1 Å². The number of rotatable bonds is 3. The highest BCUT2D eigenvalue weighted by Crippen LogP contribution is 2.23. The molecule has 0 bridgehead atoms. The van der Waals surface area contributed by atoms with Gasteiger partial charge in [-0.2, -0.15) is 0 Å². The fourth-order valence-electron chi connectivity index (χ4n) is 1.40. The smallest absolute Gasteiger partial charge is 0.343 e. The summed E-state index contributed by atoms with van der Waals surface area (Å²) in [6, 6.07) is 5.60. The fourth-order valence-corrected chi connectivity index (χ4v) is 1.40. The molecular formula is C11H9FN2O3. The number of nitrogens with zero attached hydrogens (tertiary/aromatic N) is 1. The molecule has 0 aliphatic heterocycles. The zero-order chi connectivity index (χ0) is 12.4. The standard InChI is InChI=1S/C11H9FN2O3/c1-6-9(11(15)16)10(17-14-6)13-8-4-2-3-7(12)5-8/h2-5,13H,1H3,(H,15,16). The van der Waals surface area contributed by atoms with Crippen molar-refractivity contribution in [2.45, 2.75) is 6.92 Å². The van der Waals surface area contributed by atoms with Gasteiger partial charge in [0.05, 0.1) is 5.69 Å². The van der Waals surface area contributed by atoms with Crippen molar-refractivity contribution in [1.82, 2.24) is 5.16 Å². The summed E-state index contributed by atoms with van der Waals surface area (Å²) in [7, 11) is 0. The highest BCUT2D eigenvalue weighted by Gasteiger charge is 2.19. The number of hydrogen-bond acceptors (Lipinski definition) is 4. The van der Waals surface area contributed by atoms with Gasteiger partial charge in [-0.25, -0.2) is 9.18 Å². The van der Waals surface area contributed by atoms with E-state index in [4.69, 9.17) is 9.63 Å². The summed E-state index contributed by atoms with van der Waals surface area (Å²) in [5.74, 6) is -1.59. The number of aromatic carboxylic acids is 1. The first-order valence-electron chi connectivity index (χ1n) is 4.80. The van der Waals surface area contributed by atoms with Crippen LogP contribution in [-0.2, 0) is 0 Å².